The summed E-state index contributed by atoms with van der Waals surface area (Å²) in [6, 6.07) is 11.7. The molecule has 1 N–H and O–H groups in total. The molecule has 2 unspecified atom stereocenters. The minimum absolute atomic E-state index is 0.249. The Kier molecular flexibility index (Phi) is 5.92. The van der Waals surface area contributed by atoms with Crippen LogP contribution in [0.1, 0.15) is 37.9 Å². The minimum atomic E-state index is -4.18. The van der Waals surface area contributed by atoms with Crippen molar-refractivity contribution in [3.05, 3.63) is 70.3 Å². The lowest BCUT2D eigenvalue weighted by atomic mass is 9.93. The van der Waals surface area contributed by atoms with Crippen LogP contribution in [-0.2, 0) is 20.9 Å². The number of hydrogen-bond acceptors (Lipinski definition) is 4. The predicted octanol–water partition coefficient (Wildman–Crippen LogP) is 3.13. The second-order valence-corrected chi connectivity index (χ2v) is 9.41. The van der Waals surface area contributed by atoms with Gasteiger partial charge in [0.1, 0.15) is 0 Å². The number of aryl methyl sites for hydroxylation is 3. The van der Waals surface area contributed by atoms with E-state index < -0.39 is 37.0 Å². The largest absolute Gasteiger partial charge is 0.305 e. The number of carbonyl (C=O) groups excluding carboxylic acids is 1. The highest BCUT2D eigenvalue weighted by Gasteiger charge is 2.37. The summed E-state index contributed by atoms with van der Waals surface area (Å²) in [5.74, 6) is -0.596. The van der Waals surface area contributed by atoms with E-state index in [4.69, 9.17) is 4.55 Å². The van der Waals surface area contributed by atoms with Crippen molar-refractivity contribution in [3.63, 3.8) is 0 Å². The molecular formula is C18H20O5S2. The van der Waals surface area contributed by atoms with Crippen molar-refractivity contribution < 1.29 is 22.0 Å². The summed E-state index contributed by atoms with van der Waals surface area (Å²) >= 11 is -2.56. The Morgan fingerprint density at radius 1 is 1.08 bits per heavy atom. The fraction of sp³-hybridized carbons (Fsp3) is 0.278. The van der Waals surface area contributed by atoms with Gasteiger partial charge in [0.2, 0.25) is 0 Å². The van der Waals surface area contributed by atoms with Crippen LogP contribution in [0.15, 0.2) is 42.5 Å². The third-order valence-electron chi connectivity index (χ3n) is 3.92. The van der Waals surface area contributed by atoms with Crippen LogP contribution in [0.4, 0.5) is 0 Å². The van der Waals surface area contributed by atoms with Gasteiger partial charge < -0.3 is 4.55 Å². The van der Waals surface area contributed by atoms with Crippen LogP contribution >= 0.6 is 0 Å². The number of sulfone groups is 1. The zero-order valence-corrected chi connectivity index (χ0v) is 15.9. The molecule has 0 saturated heterocycles. The number of rotatable bonds is 6. The van der Waals surface area contributed by atoms with E-state index in [0.717, 1.165) is 5.56 Å². The van der Waals surface area contributed by atoms with Crippen molar-refractivity contribution in [3.8, 4) is 0 Å². The second kappa shape index (κ2) is 7.59. The van der Waals surface area contributed by atoms with Crippen LogP contribution in [-0.4, -0.2) is 28.0 Å². The third kappa shape index (κ3) is 4.42. The van der Waals surface area contributed by atoms with Crippen LogP contribution in [0, 0.1) is 20.8 Å². The smallest absolute Gasteiger partial charge is 0.185 e. The van der Waals surface area contributed by atoms with Gasteiger partial charge in [0.25, 0.3) is 0 Å². The first-order valence-electron chi connectivity index (χ1n) is 7.59. The van der Waals surface area contributed by atoms with E-state index in [0.29, 0.717) is 16.7 Å². The standard InChI is InChI=1S/C18H20O5S2/c1-12-9-13(2)16(14(3)10-12)18(25(22,23)11-24(20)21)17(19)15-7-5-4-6-8-15/h4-10,18H,11H2,1-3H3,(H,20,21). The van der Waals surface area contributed by atoms with Gasteiger partial charge in [0.05, 0.1) is 0 Å². The highest BCUT2D eigenvalue weighted by molar-refractivity contribution is 8.03. The first-order chi connectivity index (χ1) is 11.6. The topological polar surface area (TPSA) is 88.5 Å². The van der Waals surface area contributed by atoms with E-state index in [1.807, 2.05) is 6.92 Å². The monoisotopic (exact) mass is 380 g/mol. The molecule has 0 saturated carbocycles. The number of carbonyl (C=O) groups is 1. The molecule has 0 heterocycles. The Morgan fingerprint density at radius 3 is 2.08 bits per heavy atom. The van der Waals surface area contributed by atoms with E-state index >= 15 is 0 Å². The molecule has 0 spiro atoms. The van der Waals surface area contributed by atoms with Crippen molar-refractivity contribution in [2.45, 2.75) is 26.0 Å². The molecule has 134 valence electrons. The molecule has 0 aliphatic rings. The maximum atomic E-state index is 13.0. The summed E-state index contributed by atoms with van der Waals surface area (Å²) in [4.78, 5) is 13.0. The molecule has 0 radical (unpaired) electrons. The average Bonchev–Trinajstić information content (AvgIpc) is 2.49. The molecule has 7 heteroatoms. The van der Waals surface area contributed by atoms with Crippen LogP contribution in [0.2, 0.25) is 0 Å². The zero-order chi connectivity index (χ0) is 18.8. The summed E-state index contributed by atoms with van der Waals surface area (Å²) in [5, 5.41) is -2.49. The van der Waals surface area contributed by atoms with Crippen molar-refractivity contribution in [1.82, 2.24) is 0 Å². The molecule has 2 aromatic carbocycles. The molecule has 2 rings (SSSR count). The van der Waals surface area contributed by atoms with Crippen molar-refractivity contribution in [1.29, 1.82) is 0 Å². The summed E-state index contributed by atoms with van der Waals surface area (Å²) in [5.41, 5.74) is 2.91. The second-order valence-electron chi connectivity index (χ2n) is 6.02. The minimum Gasteiger partial charge on any atom is -0.305 e. The molecule has 0 fully saturated rings. The number of ketones is 1. The third-order valence-corrected chi connectivity index (χ3v) is 7.21. The number of Topliss-reactive ketones (excluding diaryl/α,β-unsaturated/α-hetero) is 1. The summed E-state index contributed by atoms with van der Waals surface area (Å²) < 4.78 is 45.8. The molecule has 0 aliphatic carbocycles. The van der Waals surface area contributed by atoms with Gasteiger partial charge in [-0.15, -0.1) is 0 Å². The van der Waals surface area contributed by atoms with E-state index in [1.165, 1.54) is 0 Å². The van der Waals surface area contributed by atoms with Crippen LogP contribution in [0.3, 0.4) is 0 Å². The highest BCUT2D eigenvalue weighted by Crippen LogP contribution is 2.33. The Morgan fingerprint density at radius 2 is 1.60 bits per heavy atom. The molecule has 2 atom stereocenters. The van der Waals surface area contributed by atoms with Gasteiger partial charge in [-0.3, -0.25) is 4.79 Å². The fourth-order valence-electron chi connectivity index (χ4n) is 3.04. The molecule has 0 bridgehead atoms. The fourth-order valence-corrected chi connectivity index (χ4v) is 5.90. The van der Waals surface area contributed by atoms with E-state index in [2.05, 4.69) is 0 Å². The molecule has 5 nitrogen and oxygen atoms in total. The zero-order valence-electron chi connectivity index (χ0n) is 14.2. The predicted molar refractivity (Wildman–Crippen MR) is 98.7 cm³/mol. The van der Waals surface area contributed by atoms with Gasteiger partial charge in [0, 0.05) is 5.56 Å². The highest BCUT2D eigenvalue weighted by atomic mass is 32.3. The van der Waals surface area contributed by atoms with Crippen LogP contribution in [0.5, 0.6) is 0 Å². The molecule has 25 heavy (non-hydrogen) atoms. The molecule has 0 amide bonds. The number of hydrogen-bond donors (Lipinski definition) is 1. The molecule has 0 aromatic heterocycles. The first-order valence-corrected chi connectivity index (χ1v) is 10.6. The lowest BCUT2D eigenvalue weighted by Gasteiger charge is -2.21. The Balaban J connectivity index is 2.70. The molecule has 2 aromatic rings. The van der Waals surface area contributed by atoms with Gasteiger partial charge in [0.15, 0.2) is 37.0 Å². The van der Waals surface area contributed by atoms with E-state index in [9.17, 15) is 17.4 Å². The van der Waals surface area contributed by atoms with Crippen LogP contribution < -0.4 is 0 Å². The Bertz CT molecular complexity index is 895. The van der Waals surface area contributed by atoms with E-state index in [1.54, 1.807) is 56.3 Å². The number of benzene rings is 2. The summed E-state index contributed by atoms with van der Waals surface area (Å²) in [7, 11) is -4.18. The van der Waals surface area contributed by atoms with Gasteiger partial charge >= 0.3 is 0 Å². The maximum Gasteiger partial charge on any atom is 0.185 e. The van der Waals surface area contributed by atoms with E-state index in [-0.39, 0.29) is 5.56 Å². The van der Waals surface area contributed by atoms with Gasteiger partial charge in [-0.1, -0.05) is 48.0 Å². The molecule has 0 aliphatic heterocycles. The van der Waals surface area contributed by atoms with Crippen LogP contribution in [0.25, 0.3) is 0 Å². The van der Waals surface area contributed by atoms with Gasteiger partial charge in [-0.2, -0.15) is 0 Å². The lowest BCUT2D eigenvalue weighted by Crippen LogP contribution is -2.28. The first kappa shape index (κ1) is 19.5. The van der Waals surface area contributed by atoms with Crippen molar-refractivity contribution >= 4 is 26.7 Å². The maximum absolute atomic E-state index is 13.0. The van der Waals surface area contributed by atoms with Gasteiger partial charge in [-0.25, -0.2) is 12.6 Å². The Labute approximate surface area is 150 Å². The molecular weight excluding hydrogens is 360 g/mol. The van der Waals surface area contributed by atoms with Crippen molar-refractivity contribution in [2.75, 3.05) is 5.08 Å². The average molecular weight is 380 g/mol. The summed E-state index contributed by atoms with van der Waals surface area (Å²) in [6.45, 7) is 5.37. The van der Waals surface area contributed by atoms with Crippen molar-refractivity contribution in [2.24, 2.45) is 0 Å². The van der Waals surface area contributed by atoms with Gasteiger partial charge in [-0.05, 0) is 37.5 Å². The lowest BCUT2D eigenvalue weighted by molar-refractivity contribution is 0.0986. The summed E-state index contributed by atoms with van der Waals surface area (Å²) in [6.07, 6.45) is 0. The quantitative estimate of drug-likeness (QED) is 0.614. The Hall–Kier alpha value is -1.83. The normalized spacial score (nSPS) is 14.1. The SMILES string of the molecule is Cc1cc(C)c(C(C(=O)c2ccccc2)S(=O)(=O)CS(=O)O)c(C)c1.